The maximum absolute atomic E-state index is 12.7. The van der Waals surface area contributed by atoms with E-state index in [0.717, 1.165) is 0 Å². The third-order valence-electron chi connectivity index (χ3n) is 2.11. The predicted octanol–water partition coefficient (Wildman–Crippen LogP) is 3.36. The molecule has 0 fully saturated rings. The molecular formula is C10H6ClF6NO3. The minimum Gasteiger partial charge on any atom is -0.481 e. The van der Waals surface area contributed by atoms with Gasteiger partial charge in [0.25, 0.3) is 0 Å². The zero-order valence-electron chi connectivity index (χ0n) is 9.85. The van der Waals surface area contributed by atoms with Crippen molar-refractivity contribution in [2.45, 2.75) is 24.8 Å². The van der Waals surface area contributed by atoms with Crippen LogP contribution in [0.25, 0.3) is 0 Å². The minimum atomic E-state index is -5.36. The lowest BCUT2D eigenvalue weighted by Gasteiger charge is -2.17. The van der Waals surface area contributed by atoms with E-state index in [1.54, 1.807) is 0 Å². The van der Waals surface area contributed by atoms with Crippen LogP contribution in [0.4, 0.5) is 26.3 Å². The van der Waals surface area contributed by atoms with Crippen LogP contribution in [0.5, 0.6) is 5.75 Å². The van der Waals surface area contributed by atoms with Crippen molar-refractivity contribution in [2.24, 2.45) is 0 Å². The van der Waals surface area contributed by atoms with Crippen molar-refractivity contribution < 1.29 is 41.0 Å². The molecule has 0 bridgehead atoms. The first-order valence-corrected chi connectivity index (χ1v) is 5.61. The number of hydrogen-bond donors (Lipinski definition) is 1. The van der Waals surface area contributed by atoms with Gasteiger partial charge < -0.3 is 9.84 Å². The summed E-state index contributed by atoms with van der Waals surface area (Å²) in [4.78, 5) is 13.5. The molecule has 0 saturated heterocycles. The van der Waals surface area contributed by atoms with Crippen LogP contribution < -0.4 is 4.74 Å². The highest BCUT2D eigenvalue weighted by Gasteiger charge is 2.41. The monoisotopic (exact) mass is 337 g/mol. The quantitative estimate of drug-likeness (QED) is 0.676. The molecular weight excluding hydrogens is 332 g/mol. The molecule has 0 amide bonds. The standard InChI is InChI=1S/C10H6ClF6NO3/c11-3-4-1-6(21-10(15,16)17)8(9(12,13)14)18-5(4)2-7(19)20/h1H,2-3H2,(H,19,20). The van der Waals surface area contributed by atoms with E-state index in [2.05, 4.69) is 9.72 Å². The topological polar surface area (TPSA) is 59.4 Å². The molecule has 1 aromatic heterocycles. The number of nitrogens with zero attached hydrogens (tertiary/aromatic N) is 1. The number of pyridine rings is 1. The maximum atomic E-state index is 12.7. The molecule has 21 heavy (non-hydrogen) atoms. The molecule has 0 aliphatic rings. The van der Waals surface area contributed by atoms with Gasteiger partial charge in [0.15, 0.2) is 11.4 Å². The number of ether oxygens (including phenoxy) is 1. The van der Waals surface area contributed by atoms with Gasteiger partial charge in [0.05, 0.1) is 12.1 Å². The molecule has 1 aromatic rings. The number of carboxylic acids is 1. The van der Waals surface area contributed by atoms with Gasteiger partial charge in [0.2, 0.25) is 0 Å². The molecule has 1 heterocycles. The summed E-state index contributed by atoms with van der Waals surface area (Å²) < 4.78 is 77.7. The lowest BCUT2D eigenvalue weighted by atomic mass is 10.1. The van der Waals surface area contributed by atoms with Crippen molar-refractivity contribution in [2.75, 3.05) is 0 Å². The van der Waals surface area contributed by atoms with E-state index in [1.807, 2.05) is 0 Å². The fourth-order valence-electron chi connectivity index (χ4n) is 1.39. The van der Waals surface area contributed by atoms with Crippen molar-refractivity contribution in [3.8, 4) is 5.75 Å². The molecule has 0 radical (unpaired) electrons. The highest BCUT2D eigenvalue weighted by Crippen LogP contribution is 2.38. The highest BCUT2D eigenvalue weighted by atomic mass is 35.5. The Bertz CT molecular complexity index is 543. The smallest absolute Gasteiger partial charge is 0.481 e. The molecule has 0 aliphatic heterocycles. The fourth-order valence-corrected chi connectivity index (χ4v) is 1.62. The second-order valence-corrected chi connectivity index (χ2v) is 3.96. The van der Waals surface area contributed by atoms with Crippen LogP contribution in [0.1, 0.15) is 17.0 Å². The second kappa shape index (κ2) is 5.96. The van der Waals surface area contributed by atoms with E-state index in [4.69, 9.17) is 16.7 Å². The highest BCUT2D eigenvalue weighted by molar-refractivity contribution is 6.17. The predicted molar refractivity (Wildman–Crippen MR) is 56.8 cm³/mol. The van der Waals surface area contributed by atoms with Crippen LogP contribution in [-0.2, 0) is 23.3 Å². The molecule has 0 aliphatic carbocycles. The van der Waals surface area contributed by atoms with Gasteiger partial charge in [-0.25, -0.2) is 4.98 Å². The molecule has 11 heteroatoms. The normalized spacial score (nSPS) is 12.3. The SMILES string of the molecule is O=C(O)Cc1nc(C(F)(F)F)c(OC(F)(F)F)cc1CCl. The zero-order chi connectivity index (χ0) is 16.4. The van der Waals surface area contributed by atoms with Crippen LogP contribution in [0.2, 0.25) is 0 Å². The van der Waals surface area contributed by atoms with E-state index < -0.39 is 47.9 Å². The third kappa shape index (κ3) is 4.96. The van der Waals surface area contributed by atoms with Gasteiger partial charge in [0.1, 0.15) is 0 Å². The molecule has 0 saturated carbocycles. The first-order valence-electron chi connectivity index (χ1n) is 5.07. The molecule has 0 spiro atoms. The van der Waals surface area contributed by atoms with Gasteiger partial charge in [-0.1, -0.05) is 0 Å². The maximum Gasteiger partial charge on any atom is 0.573 e. The Morgan fingerprint density at radius 2 is 1.86 bits per heavy atom. The molecule has 0 atom stereocenters. The molecule has 1 rings (SSSR count). The van der Waals surface area contributed by atoms with Crippen molar-refractivity contribution in [3.05, 3.63) is 23.0 Å². The third-order valence-corrected chi connectivity index (χ3v) is 2.40. The summed E-state index contributed by atoms with van der Waals surface area (Å²) in [5, 5.41) is 8.56. The van der Waals surface area contributed by atoms with Crippen molar-refractivity contribution >= 4 is 17.6 Å². The summed E-state index contributed by atoms with van der Waals surface area (Å²) in [6.45, 7) is 0. The van der Waals surface area contributed by atoms with Crippen LogP contribution >= 0.6 is 11.6 Å². The largest absolute Gasteiger partial charge is 0.573 e. The van der Waals surface area contributed by atoms with Crippen LogP contribution in [0.3, 0.4) is 0 Å². The Hall–Kier alpha value is -1.71. The Morgan fingerprint density at radius 1 is 1.29 bits per heavy atom. The lowest BCUT2D eigenvalue weighted by Crippen LogP contribution is -2.22. The Balaban J connectivity index is 3.45. The average Bonchev–Trinajstić information content (AvgIpc) is 2.26. The number of aromatic nitrogens is 1. The van der Waals surface area contributed by atoms with E-state index in [0.29, 0.717) is 6.07 Å². The van der Waals surface area contributed by atoms with Gasteiger partial charge in [-0.3, -0.25) is 4.79 Å². The van der Waals surface area contributed by atoms with E-state index in [9.17, 15) is 31.1 Å². The van der Waals surface area contributed by atoms with Crippen molar-refractivity contribution in [1.29, 1.82) is 0 Å². The zero-order valence-corrected chi connectivity index (χ0v) is 10.6. The van der Waals surface area contributed by atoms with Crippen LogP contribution in [0.15, 0.2) is 6.07 Å². The molecule has 0 aromatic carbocycles. The number of carbonyl (C=O) groups is 1. The molecule has 0 unspecified atom stereocenters. The first-order chi connectivity index (χ1) is 9.44. The number of rotatable bonds is 4. The molecule has 1 N–H and O–H groups in total. The van der Waals surface area contributed by atoms with Crippen LogP contribution in [0, 0.1) is 0 Å². The van der Waals surface area contributed by atoms with Gasteiger partial charge in [-0.2, -0.15) is 13.2 Å². The number of aliphatic carboxylic acids is 1. The van der Waals surface area contributed by atoms with Gasteiger partial charge in [-0.05, 0) is 11.6 Å². The summed E-state index contributed by atoms with van der Waals surface area (Å²) in [7, 11) is 0. The Labute approximate surface area is 118 Å². The van der Waals surface area contributed by atoms with Gasteiger partial charge in [-0.15, -0.1) is 24.8 Å². The summed E-state index contributed by atoms with van der Waals surface area (Å²) in [6.07, 6.45) is -11.5. The average molecular weight is 338 g/mol. The van der Waals surface area contributed by atoms with Gasteiger partial charge in [0, 0.05) is 5.88 Å². The number of hydrogen-bond acceptors (Lipinski definition) is 3. The summed E-state index contributed by atoms with van der Waals surface area (Å²) in [6, 6.07) is 0.384. The Kier molecular flexibility index (Phi) is 4.92. The number of halogens is 7. The first kappa shape index (κ1) is 17.3. The minimum absolute atomic E-state index is 0.300. The van der Waals surface area contributed by atoms with E-state index >= 15 is 0 Å². The van der Waals surface area contributed by atoms with Crippen LogP contribution in [-0.4, -0.2) is 22.4 Å². The lowest BCUT2D eigenvalue weighted by molar-refractivity contribution is -0.276. The number of alkyl halides is 7. The summed E-state index contributed by atoms with van der Waals surface area (Å²) in [5.74, 6) is -3.62. The second-order valence-electron chi connectivity index (χ2n) is 3.69. The van der Waals surface area contributed by atoms with Crippen molar-refractivity contribution in [3.63, 3.8) is 0 Å². The summed E-state index contributed by atoms with van der Waals surface area (Å²) in [5.41, 5.74) is -2.85. The summed E-state index contributed by atoms with van der Waals surface area (Å²) >= 11 is 5.37. The van der Waals surface area contributed by atoms with E-state index in [-0.39, 0.29) is 5.56 Å². The Morgan fingerprint density at radius 3 is 2.24 bits per heavy atom. The molecule has 118 valence electrons. The number of carboxylic acid groups (broad SMARTS) is 1. The van der Waals surface area contributed by atoms with E-state index in [1.165, 1.54) is 0 Å². The van der Waals surface area contributed by atoms with Crippen molar-refractivity contribution in [1.82, 2.24) is 4.98 Å². The molecule has 4 nitrogen and oxygen atoms in total. The van der Waals surface area contributed by atoms with Gasteiger partial charge >= 0.3 is 18.5 Å². The fraction of sp³-hybridized carbons (Fsp3) is 0.400.